The number of halogens is 1. The molecule has 0 amide bonds. The number of aromatic carboxylic acids is 1. The summed E-state index contributed by atoms with van der Waals surface area (Å²) in [5.41, 5.74) is 1.19. The number of hydrogen-bond donors (Lipinski definition) is 2. The molecule has 0 saturated carbocycles. The summed E-state index contributed by atoms with van der Waals surface area (Å²) in [5.74, 6) is -0.875. The molecule has 0 unspecified atom stereocenters. The van der Waals surface area contributed by atoms with Gasteiger partial charge in [-0.25, -0.2) is 4.79 Å². The van der Waals surface area contributed by atoms with Crippen LogP contribution in [-0.2, 0) is 11.3 Å². The van der Waals surface area contributed by atoms with Gasteiger partial charge in [-0.1, -0.05) is 31.5 Å². The van der Waals surface area contributed by atoms with Gasteiger partial charge in [0.05, 0.1) is 5.56 Å². The van der Waals surface area contributed by atoms with Gasteiger partial charge >= 0.3 is 5.97 Å². The van der Waals surface area contributed by atoms with Crippen LogP contribution >= 0.6 is 12.4 Å². The van der Waals surface area contributed by atoms with Crippen molar-refractivity contribution in [3.05, 3.63) is 35.4 Å². The largest absolute Gasteiger partial charge is 0.478 e. The second kappa shape index (κ2) is 11.7. The fourth-order valence-electron chi connectivity index (χ4n) is 1.75. The van der Waals surface area contributed by atoms with E-state index in [1.54, 1.807) is 12.1 Å². The number of ether oxygens (including phenoxy) is 1. The van der Waals surface area contributed by atoms with E-state index in [9.17, 15) is 4.79 Å². The molecule has 20 heavy (non-hydrogen) atoms. The lowest BCUT2D eigenvalue weighted by molar-refractivity contribution is 0.0695. The van der Waals surface area contributed by atoms with Crippen molar-refractivity contribution in [2.24, 2.45) is 0 Å². The van der Waals surface area contributed by atoms with Gasteiger partial charge in [-0.3, -0.25) is 0 Å². The third-order valence-corrected chi connectivity index (χ3v) is 2.85. The van der Waals surface area contributed by atoms with E-state index in [0.29, 0.717) is 12.1 Å². The molecule has 4 nitrogen and oxygen atoms in total. The molecule has 0 aliphatic heterocycles. The predicted molar refractivity (Wildman–Crippen MR) is 82.7 cm³/mol. The number of benzene rings is 1. The van der Waals surface area contributed by atoms with Crippen molar-refractivity contribution >= 4 is 18.4 Å². The van der Waals surface area contributed by atoms with Crippen molar-refractivity contribution in [2.45, 2.75) is 32.7 Å². The van der Waals surface area contributed by atoms with Gasteiger partial charge < -0.3 is 15.2 Å². The quantitative estimate of drug-likeness (QED) is 0.652. The molecule has 0 aliphatic carbocycles. The van der Waals surface area contributed by atoms with Crippen LogP contribution in [0, 0.1) is 0 Å². The third kappa shape index (κ3) is 7.48. The molecule has 0 radical (unpaired) electrons. The van der Waals surface area contributed by atoms with Crippen molar-refractivity contribution in [3.63, 3.8) is 0 Å². The van der Waals surface area contributed by atoms with E-state index in [0.717, 1.165) is 44.6 Å². The minimum atomic E-state index is -0.875. The predicted octanol–water partition coefficient (Wildman–Crippen LogP) is 3.10. The molecule has 0 spiro atoms. The number of hydrogen-bond acceptors (Lipinski definition) is 3. The summed E-state index contributed by atoms with van der Waals surface area (Å²) in [4.78, 5) is 11.0. The summed E-state index contributed by atoms with van der Waals surface area (Å²) in [6.45, 7) is 5.15. The smallest absolute Gasteiger partial charge is 0.336 e. The highest BCUT2D eigenvalue weighted by atomic mass is 35.5. The lowest BCUT2D eigenvalue weighted by Gasteiger charge is -2.08. The Bertz CT molecular complexity index is 385. The van der Waals surface area contributed by atoms with Gasteiger partial charge in [-0.2, -0.15) is 0 Å². The van der Waals surface area contributed by atoms with Crippen LogP contribution < -0.4 is 5.32 Å². The molecule has 1 rings (SSSR count). The van der Waals surface area contributed by atoms with Crippen LogP contribution in [0.25, 0.3) is 0 Å². The number of carboxylic acid groups (broad SMARTS) is 1. The maximum Gasteiger partial charge on any atom is 0.336 e. The fraction of sp³-hybridized carbons (Fsp3) is 0.533. The zero-order valence-corrected chi connectivity index (χ0v) is 12.7. The van der Waals surface area contributed by atoms with Crippen LogP contribution in [-0.4, -0.2) is 30.8 Å². The second-order valence-electron chi connectivity index (χ2n) is 4.46. The molecule has 1 aromatic rings. The first-order valence-electron chi connectivity index (χ1n) is 6.85. The van der Waals surface area contributed by atoms with E-state index in [1.165, 1.54) is 0 Å². The van der Waals surface area contributed by atoms with E-state index in [4.69, 9.17) is 9.84 Å². The average Bonchev–Trinajstić information content (AvgIpc) is 2.42. The fourth-order valence-corrected chi connectivity index (χ4v) is 1.75. The zero-order valence-electron chi connectivity index (χ0n) is 11.9. The maximum atomic E-state index is 11.0. The van der Waals surface area contributed by atoms with Gasteiger partial charge in [-0.15, -0.1) is 12.4 Å². The average molecular weight is 302 g/mol. The molecule has 5 heteroatoms. The van der Waals surface area contributed by atoms with Gasteiger partial charge in [0.15, 0.2) is 0 Å². The monoisotopic (exact) mass is 301 g/mol. The SMILES string of the molecule is CCCCOCCCNCc1ccccc1C(=O)O.Cl. The van der Waals surface area contributed by atoms with Crippen molar-refractivity contribution in [1.29, 1.82) is 0 Å². The Labute approximate surface area is 126 Å². The third-order valence-electron chi connectivity index (χ3n) is 2.85. The summed E-state index contributed by atoms with van der Waals surface area (Å²) in [6.07, 6.45) is 3.21. The standard InChI is InChI=1S/C15H23NO3.ClH/c1-2-3-10-19-11-6-9-16-12-13-7-4-5-8-14(13)15(17)18;/h4-5,7-8,16H,2-3,6,9-12H2,1H3,(H,17,18);1H. The van der Waals surface area contributed by atoms with Crippen LogP contribution in [0.5, 0.6) is 0 Å². The number of carboxylic acids is 1. The van der Waals surface area contributed by atoms with E-state index in [-0.39, 0.29) is 12.4 Å². The van der Waals surface area contributed by atoms with E-state index in [2.05, 4.69) is 12.2 Å². The summed E-state index contributed by atoms with van der Waals surface area (Å²) in [5, 5.41) is 12.3. The Morgan fingerprint density at radius 3 is 2.65 bits per heavy atom. The van der Waals surface area contributed by atoms with E-state index < -0.39 is 5.97 Å². The molecule has 0 aromatic heterocycles. The lowest BCUT2D eigenvalue weighted by atomic mass is 10.1. The van der Waals surface area contributed by atoms with E-state index >= 15 is 0 Å². The molecule has 0 atom stereocenters. The zero-order chi connectivity index (χ0) is 13.9. The highest BCUT2D eigenvalue weighted by Gasteiger charge is 2.07. The van der Waals surface area contributed by atoms with Crippen molar-refractivity contribution < 1.29 is 14.6 Å². The summed E-state index contributed by atoms with van der Waals surface area (Å²) in [6, 6.07) is 7.08. The first-order valence-corrected chi connectivity index (χ1v) is 6.85. The van der Waals surface area contributed by atoms with Crippen molar-refractivity contribution in [1.82, 2.24) is 5.32 Å². The number of nitrogens with one attached hydrogen (secondary N) is 1. The molecule has 0 heterocycles. The van der Waals surface area contributed by atoms with Gasteiger partial charge in [0.2, 0.25) is 0 Å². The number of unbranched alkanes of at least 4 members (excludes halogenated alkanes) is 1. The normalized spacial score (nSPS) is 10.1. The Hall–Kier alpha value is -1.10. The van der Waals surface area contributed by atoms with Crippen molar-refractivity contribution in [2.75, 3.05) is 19.8 Å². The molecule has 0 saturated heterocycles. The number of rotatable bonds is 10. The highest BCUT2D eigenvalue weighted by molar-refractivity contribution is 5.89. The van der Waals surface area contributed by atoms with Gasteiger partial charge in [-0.05, 0) is 31.0 Å². The summed E-state index contributed by atoms with van der Waals surface area (Å²) < 4.78 is 5.45. The van der Waals surface area contributed by atoms with Crippen LogP contribution in [0.4, 0.5) is 0 Å². The minimum absolute atomic E-state index is 0. The topological polar surface area (TPSA) is 58.6 Å². The molecular weight excluding hydrogens is 278 g/mol. The first-order chi connectivity index (χ1) is 9.25. The lowest BCUT2D eigenvalue weighted by Crippen LogP contribution is -2.18. The Balaban J connectivity index is 0.00000361. The first kappa shape index (κ1) is 18.9. The highest BCUT2D eigenvalue weighted by Crippen LogP contribution is 2.08. The molecule has 2 N–H and O–H groups in total. The van der Waals surface area contributed by atoms with Gasteiger partial charge in [0.25, 0.3) is 0 Å². The molecule has 1 aromatic carbocycles. The molecule has 0 aliphatic rings. The summed E-state index contributed by atoms with van der Waals surface area (Å²) in [7, 11) is 0. The van der Waals surface area contributed by atoms with Gasteiger partial charge in [0, 0.05) is 19.8 Å². The number of carbonyl (C=O) groups is 1. The van der Waals surface area contributed by atoms with Gasteiger partial charge in [0.1, 0.15) is 0 Å². The molecule has 0 bridgehead atoms. The minimum Gasteiger partial charge on any atom is -0.478 e. The van der Waals surface area contributed by atoms with Crippen LogP contribution in [0.2, 0.25) is 0 Å². The summed E-state index contributed by atoms with van der Waals surface area (Å²) >= 11 is 0. The Morgan fingerprint density at radius 1 is 1.25 bits per heavy atom. The van der Waals surface area contributed by atoms with Crippen LogP contribution in [0.1, 0.15) is 42.1 Å². The Kier molecular flexibility index (Phi) is 11.1. The molecule has 114 valence electrons. The van der Waals surface area contributed by atoms with Crippen LogP contribution in [0.3, 0.4) is 0 Å². The Morgan fingerprint density at radius 2 is 1.95 bits per heavy atom. The maximum absolute atomic E-state index is 11.0. The van der Waals surface area contributed by atoms with Crippen LogP contribution in [0.15, 0.2) is 24.3 Å². The second-order valence-corrected chi connectivity index (χ2v) is 4.46. The molecule has 0 fully saturated rings. The van der Waals surface area contributed by atoms with Crippen molar-refractivity contribution in [3.8, 4) is 0 Å². The van der Waals surface area contributed by atoms with E-state index in [1.807, 2.05) is 12.1 Å². The molecular formula is C15H24ClNO3.